The molecule has 0 saturated carbocycles. The Labute approximate surface area is 187 Å². The van der Waals surface area contributed by atoms with E-state index in [4.69, 9.17) is 19.5 Å². The van der Waals surface area contributed by atoms with Gasteiger partial charge in [-0.25, -0.2) is 5.09 Å². The Morgan fingerprint density at radius 3 is 2.32 bits per heavy atom. The molecule has 0 aliphatic heterocycles. The number of ether oxygens (including phenoxy) is 1. The van der Waals surface area contributed by atoms with Gasteiger partial charge in [-0.1, -0.05) is 50.3 Å². The number of hydrogen-bond acceptors (Lipinski definition) is 6. The van der Waals surface area contributed by atoms with Crippen molar-refractivity contribution in [2.75, 3.05) is 5.73 Å². The molecule has 2 atom stereocenters. The van der Waals surface area contributed by atoms with E-state index in [0.717, 1.165) is 5.56 Å². The van der Waals surface area contributed by atoms with Crippen LogP contribution in [-0.2, 0) is 20.7 Å². The van der Waals surface area contributed by atoms with E-state index in [-0.39, 0.29) is 12.6 Å². The van der Waals surface area contributed by atoms with E-state index in [1.54, 1.807) is 31.2 Å². The highest BCUT2D eigenvalue weighted by Crippen LogP contribution is 2.39. The third-order valence-electron chi connectivity index (χ3n) is 3.75. The second kappa shape index (κ2) is 15.1. The van der Waals surface area contributed by atoms with Crippen LogP contribution in [0.15, 0.2) is 78.6 Å². The highest BCUT2D eigenvalue weighted by Gasteiger charge is 2.24. The molecule has 0 aromatic heterocycles. The summed E-state index contributed by atoms with van der Waals surface area (Å²) < 4.78 is 17.2. The van der Waals surface area contributed by atoms with Crippen molar-refractivity contribution in [2.24, 2.45) is 0 Å². The minimum absolute atomic E-state index is 0.210. The Hall–Kier alpha value is -2.82. The van der Waals surface area contributed by atoms with Crippen molar-refractivity contribution in [3.05, 3.63) is 84.1 Å². The van der Waals surface area contributed by atoms with Gasteiger partial charge in [0.15, 0.2) is 0 Å². The van der Waals surface area contributed by atoms with Gasteiger partial charge in [-0.15, -0.1) is 0 Å². The second-order valence-corrected chi connectivity index (χ2v) is 7.28. The number of nitrogens with one attached hydrogen (secondary N) is 1. The summed E-state index contributed by atoms with van der Waals surface area (Å²) in [5.74, 6) is 0.823. The quantitative estimate of drug-likeness (QED) is 0.151. The van der Waals surface area contributed by atoms with Crippen LogP contribution in [0.4, 0.5) is 5.69 Å². The fourth-order valence-corrected chi connectivity index (χ4v) is 3.43. The zero-order valence-electron chi connectivity index (χ0n) is 18.9. The van der Waals surface area contributed by atoms with Crippen LogP contribution < -0.4 is 15.3 Å². The Morgan fingerprint density at radius 2 is 1.74 bits per heavy atom. The van der Waals surface area contributed by atoms with Gasteiger partial charge in [0.25, 0.3) is 0 Å². The van der Waals surface area contributed by atoms with Crippen molar-refractivity contribution in [3.8, 4) is 5.75 Å². The van der Waals surface area contributed by atoms with Crippen LogP contribution in [-0.4, -0.2) is 12.0 Å². The molecule has 0 aliphatic rings. The smallest absolute Gasteiger partial charge is 0.382 e. The molecule has 6 nitrogen and oxygen atoms in total. The molecule has 0 aliphatic carbocycles. The summed E-state index contributed by atoms with van der Waals surface area (Å²) in [7, 11) is -1.65. The van der Waals surface area contributed by atoms with Gasteiger partial charge in [0.1, 0.15) is 24.2 Å². The van der Waals surface area contributed by atoms with E-state index in [9.17, 15) is 4.79 Å². The van der Waals surface area contributed by atoms with Gasteiger partial charge in [0, 0.05) is 5.69 Å². The first kappa shape index (κ1) is 26.2. The van der Waals surface area contributed by atoms with Crippen LogP contribution in [0.25, 0.3) is 0 Å². The molecule has 2 aromatic rings. The molecule has 7 heteroatoms. The summed E-state index contributed by atoms with van der Waals surface area (Å²) in [6, 6.07) is 15.9. The molecule has 0 amide bonds. The first-order valence-electron chi connectivity index (χ1n) is 10.3. The molecule has 0 spiro atoms. The maximum atomic E-state index is 12.4. The minimum atomic E-state index is -1.65. The van der Waals surface area contributed by atoms with E-state index < -0.39 is 14.6 Å². The first-order chi connectivity index (χ1) is 15.0. The molecular formula is C24H33N2O4P. The van der Waals surface area contributed by atoms with Crippen molar-refractivity contribution in [1.29, 1.82) is 0 Å². The van der Waals surface area contributed by atoms with Crippen LogP contribution in [0.2, 0.25) is 0 Å². The molecule has 2 rings (SSSR count). The fourth-order valence-electron chi connectivity index (χ4n) is 2.20. The topological polar surface area (TPSA) is 82.8 Å². The number of rotatable bonds is 10. The monoisotopic (exact) mass is 444 g/mol. The summed E-state index contributed by atoms with van der Waals surface area (Å²) in [4.78, 5) is 12.4. The molecule has 1 unspecified atom stereocenters. The molecule has 31 heavy (non-hydrogen) atoms. The standard InChI is InChI=1S/C22H27N2O4P.C2H6/c1-4-9-20(5-2)27-29(28-21-14-12-19(23)13-15-21)24-17(3)22(25)26-16-18-10-7-6-8-11-18;1-2/h4-15,17,24H,16,23H2,1-3H3;1-2H3/b9-4-,20-5+;/t17-,29?;/m0./s1. The fraction of sp³-hybridized carbons (Fsp3) is 0.292. The van der Waals surface area contributed by atoms with E-state index in [1.165, 1.54) is 0 Å². The molecule has 0 radical (unpaired) electrons. The van der Waals surface area contributed by atoms with Crippen molar-refractivity contribution in [3.63, 3.8) is 0 Å². The second-order valence-electron chi connectivity index (χ2n) is 6.14. The third-order valence-corrected chi connectivity index (χ3v) is 5.10. The van der Waals surface area contributed by atoms with E-state index >= 15 is 0 Å². The number of allylic oxidation sites excluding steroid dienone is 3. The molecule has 0 heterocycles. The lowest BCUT2D eigenvalue weighted by Crippen LogP contribution is -2.33. The Bertz CT molecular complexity index is 823. The summed E-state index contributed by atoms with van der Waals surface area (Å²) in [6.45, 7) is 9.68. The maximum Gasteiger partial charge on any atom is 0.382 e. The predicted molar refractivity (Wildman–Crippen MR) is 128 cm³/mol. The largest absolute Gasteiger partial charge is 0.460 e. The van der Waals surface area contributed by atoms with Crippen LogP contribution in [0.5, 0.6) is 5.75 Å². The Kier molecular flexibility index (Phi) is 12.7. The van der Waals surface area contributed by atoms with Gasteiger partial charge in [0.05, 0.1) is 0 Å². The average molecular weight is 445 g/mol. The number of carbonyl (C=O) groups is 1. The third kappa shape index (κ3) is 10.2. The van der Waals surface area contributed by atoms with Gasteiger partial charge in [-0.05, 0) is 62.8 Å². The number of carbonyl (C=O) groups excluding carboxylic acids is 1. The SMILES string of the molecule is C/C=C\C(=C/C)OP(N[C@@H](C)C(=O)OCc1ccccc1)Oc1ccc(N)cc1.CC. The number of benzene rings is 2. The summed E-state index contributed by atoms with van der Waals surface area (Å²) in [5, 5.41) is 3.08. The lowest BCUT2D eigenvalue weighted by molar-refractivity contribution is -0.146. The number of esters is 1. The number of anilines is 1. The van der Waals surface area contributed by atoms with Gasteiger partial charge in [-0.2, -0.15) is 0 Å². The molecule has 3 N–H and O–H groups in total. The number of nitrogen functional groups attached to an aromatic ring is 1. The van der Waals surface area contributed by atoms with Gasteiger partial charge in [0.2, 0.25) is 0 Å². The molecular weight excluding hydrogens is 411 g/mol. The van der Waals surface area contributed by atoms with Crippen LogP contribution in [0, 0.1) is 0 Å². The zero-order valence-corrected chi connectivity index (χ0v) is 19.8. The van der Waals surface area contributed by atoms with Crippen molar-refractivity contribution in [2.45, 2.75) is 47.3 Å². The Balaban J connectivity index is 0.00000233. The predicted octanol–water partition coefficient (Wildman–Crippen LogP) is 6.12. The molecule has 0 bridgehead atoms. The normalized spacial score (nSPS) is 13.0. The van der Waals surface area contributed by atoms with Gasteiger partial charge >= 0.3 is 14.5 Å². The van der Waals surface area contributed by atoms with E-state index in [1.807, 2.05) is 76.3 Å². The number of nitrogens with two attached hydrogens (primary N) is 1. The lowest BCUT2D eigenvalue weighted by Gasteiger charge is -2.22. The van der Waals surface area contributed by atoms with Gasteiger partial charge in [-0.3, -0.25) is 4.79 Å². The van der Waals surface area contributed by atoms with Crippen LogP contribution >= 0.6 is 8.53 Å². The van der Waals surface area contributed by atoms with E-state index in [2.05, 4.69) is 5.09 Å². The summed E-state index contributed by atoms with van der Waals surface area (Å²) in [5.41, 5.74) is 7.29. The lowest BCUT2D eigenvalue weighted by atomic mass is 10.2. The molecule has 0 fully saturated rings. The average Bonchev–Trinajstić information content (AvgIpc) is 2.80. The maximum absolute atomic E-state index is 12.4. The summed E-state index contributed by atoms with van der Waals surface area (Å²) in [6.07, 6.45) is 5.51. The van der Waals surface area contributed by atoms with Crippen molar-refractivity contribution < 1.29 is 18.6 Å². The van der Waals surface area contributed by atoms with E-state index in [0.29, 0.717) is 17.2 Å². The highest BCUT2D eigenvalue weighted by molar-refractivity contribution is 7.45. The van der Waals surface area contributed by atoms with Crippen LogP contribution in [0.1, 0.15) is 40.2 Å². The summed E-state index contributed by atoms with van der Waals surface area (Å²) >= 11 is 0. The minimum Gasteiger partial charge on any atom is -0.460 e. The first-order valence-corrected chi connectivity index (χ1v) is 11.5. The highest BCUT2D eigenvalue weighted by atomic mass is 31.2. The van der Waals surface area contributed by atoms with Crippen LogP contribution in [0.3, 0.4) is 0 Å². The van der Waals surface area contributed by atoms with Gasteiger partial charge < -0.3 is 19.5 Å². The van der Waals surface area contributed by atoms with Crippen molar-refractivity contribution in [1.82, 2.24) is 5.09 Å². The zero-order chi connectivity index (χ0) is 23.1. The van der Waals surface area contributed by atoms with Crippen molar-refractivity contribution >= 4 is 20.2 Å². The Morgan fingerprint density at radius 1 is 1.10 bits per heavy atom. The number of hydrogen-bond donors (Lipinski definition) is 2. The molecule has 0 saturated heterocycles. The molecule has 2 aromatic carbocycles. The molecule has 168 valence electrons.